The van der Waals surface area contributed by atoms with Gasteiger partial charge in [0, 0.05) is 10.4 Å². The third-order valence-electron chi connectivity index (χ3n) is 3.67. The van der Waals surface area contributed by atoms with Gasteiger partial charge in [-0.15, -0.1) is 11.3 Å². The van der Waals surface area contributed by atoms with E-state index in [2.05, 4.69) is 24.5 Å². The van der Waals surface area contributed by atoms with Gasteiger partial charge in [0.1, 0.15) is 5.75 Å². The number of carbonyl (C=O) groups is 2. The van der Waals surface area contributed by atoms with Crippen molar-refractivity contribution in [3.63, 3.8) is 0 Å². The molecule has 0 saturated carbocycles. The van der Waals surface area contributed by atoms with E-state index < -0.39 is 0 Å². The highest BCUT2D eigenvalue weighted by molar-refractivity contribution is 7.10. The van der Waals surface area contributed by atoms with Crippen LogP contribution < -0.4 is 15.4 Å². The van der Waals surface area contributed by atoms with Crippen LogP contribution in [0.2, 0.25) is 0 Å². The van der Waals surface area contributed by atoms with Crippen LogP contribution in [0.25, 0.3) is 0 Å². The van der Waals surface area contributed by atoms with Crippen molar-refractivity contribution in [1.29, 1.82) is 0 Å². The minimum atomic E-state index is -0.282. The van der Waals surface area contributed by atoms with Crippen molar-refractivity contribution in [3.05, 3.63) is 52.2 Å². The van der Waals surface area contributed by atoms with Crippen LogP contribution in [0.5, 0.6) is 5.75 Å². The van der Waals surface area contributed by atoms with Crippen molar-refractivity contribution in [3.8, 4) is 5.75 Å². The van der Waals surface area contributed by atoms with Gasteiger partial charge in [-0.05, 0) is 48.6 Å². The summed E-state index contributed by atoms with van der Waals surface area (Å²) in [5, 5.41) is 7.63. The summed E-state index contributed by atoms with van der Waals surface area (Å²) in [6.45, 7) is 6.54. The molecule has 5 nitrogen and oxygen atoms in total. The predicted octanol–water partition coefficient (Wildman–Crippen LogP) is 3.39. The third-order valence-corrected chi connectivity index (χ3v) is 4.63. The third kappa shape index (κ3) is 5.60. The number of hydrogen-bond acceptors (Lipinski definition) is 4. The van der Waals surface area contributed by atoms with Gasteiger partial charge in [-0.1, -0.05) is 19.9 Å². The Labute approximate surface area is 152 Å². The van der Waals surface area contributed by atoms with Crippen LogP contribution in [0.15, 0.2) is 41.8 Å². The largest absolute Gasteiger partial charge is 0.494 e. The molecule has 0 aliphatic heterocycles. The molecule has 6 heteroatoms. The SMILES string of the molecule is CCOc1ccc(C(=O)NCC(=O)N[C@@H](c2cccs2)C(C)C)cc1. The lowest BCUT2D eigenvalue weighted by Crippen LogP contribution is -2.39. The van der Waals surface area contributed by atoms with E-state index in [0.29, 0.717) is 17.9 Å². The molecule has 0 bridgehead atoms. The second-order valence-corrected chi connectivity index (χ2v) is 6.92. The summed E-state index contributed by atoms with van der Waals surface area (Å²) in [6, 6.07) is 10.8. The average molecular weight is 360 g/mol. The highest BCUT2D eigenvalue weighted by Crippen LogP contribution is 2.25. The summed E-state index contributed by atoms with van der Waals surface area (Å²) in [7, 11) is 0. The van der Waals surface area contributed by atoms with Crippen molar-refractivity contribution >= 4 is 23.2 Å². The quantitative estimate of drug-likeness (QED) is 0.758. The first-order valence-electron chi connectivity index (χ1n) is 8.35. The van der Waals surface area contributed by atoms with Crippen molar-refractivity contribution < 1.29 is 14.3 Å². The summed E-state index contributed by atoms with van der Waals surface area (Å²) in [5.74, 6) is 0.499. The first kappa shape index (κ1) is 19.0. The highest BCUT2D eigenvalue weighted by atomic mass is 32.1. The molecule has 2 rings (SSSR count). The number of hydrogen-bond donors (Lipinski definition) is 2. The molecule has 0 unspecified atom stereocenters. The molecule has 2 aromatic rings. The maximum atomic E-state index is 12.2. The molecular formula is C19H24N2O3S. The molecule has 134 valence electrons. The zero-order chi connectivity index (χ0) is 18.2. The fourth-order valence-electron chi connectivity index (χ4n) is 2.39. The number of rotatable bonds is 8. The molecule has 0 aliphatic rings. The fraction of sp³-hybridized carbons (Fsp3) is 0.368. The lowest BCUT2D eigenvalue weighted by molar-refractivity contribution is -0.121. The van der Waals surface area contributed by atoms with Crippen molar-refractivity contribution in [2.24, 2.45) is 5.92 Å². The molecule has 0 radical (unpaired) electrons. The lowest BCUT2D eigenvalue weighted by Gasteiger charge is -2.21. The smallest absolute Gasteiger partial charge is 0.251 e. The topological polar surface area (TPSA) is 67.4 Å². The standard InChI is InChI=1S/C19H24N2O3S/c1-4-24-15-9-7-14(8-10-15)19(23)20-12-17(22)21-18(13(2)3)16-6-5-11-25-16/h5-11,13,18H,4,12H2,1-3H3,(H,20,23)(H,21,22)/t18-/m1/s1. The van der Waals surface area contributed by atoms with E-state index in [9.17, 15) is 9.59 Å². The molecule has 1 aromatic heterocycles. The van der Waals surface area contributed by atoms with Crippen molar-refractivity contribution in [1.82, 2.24) is 10.6 Å². The number of nitrogens with one attached hydrogen (secondary N) is 2. The second kappa shape index (κ2) is 9.22. The Morgan fingerprint density at radius 1 is 1.16 bits per heavy atom. The van der Waals surface area contributed by atoms with E-state index in [-0.39, 0.29) is 30.3 Å². The number of ether oxygens (including phenoxy) is 1. The molecule has 0 saturated heterocycles. The minimum absolute atomic E-state index is 0.0464. The van der Waals surface area contributed by atoms with Crippen LogP contribution in [-0.4, -0.2) is 25.0 Å². The van der Waals surface area contributed by atoms with Crippen LogP contribution in [0.3, 0.4) is 0 Å². The van der Waals surface area contributed by atoms with Gasteiger partial charge in [-0.2, -0.15) is 0 Å². The van der Waals surface area contributed by atoms with Crippen LogP contribution in [-0.2, 0) is 4.79 Å². The van der Waals surface area contributed by atoms with E-state index in [1.165, 1.54) is 0 Å². The van der Waals surface area contributed by atoms with Gasteiger partial charge < -0.3 is 15.4 Å². The summed E-state index contributed by atoms with van der Waals surface area (Å²) in [6.07, 6.45) is 0. The van der Waals surface area contributed by atoms with Crippen LogP contribution >= 0.6 is 11.3 Å². The van der Waals surface area contributed by atoms with Crippen LogP contribution in [0.4, 0.5) is 0 Å². The summed E-state index contributed by atoms with van der Waals surface area (Å²) >= 11 is 1.61. The van der Waals surface area contributed by atoms with Crippen molar-refractivity contribution in [2.45, 2.75) is 26.8 Å². The Balaban J connectivity index is 1.87. The first-order valence-corrected chi connectivity index (χ1v) is 9.23. The molecule has 1 atom stereocenters. The maximum absolute atomic E-state index is 12.2. The average Bonchev–Trinajstić information content (AvgIpc) is 3.12. The first-order chi connectivity index (χ1) is 12.0. The number of amides is 2. The maximum Gasteiger partial charge on any atom is 0.251 e. The zero-order valence-electron chi connectivity index (χ0n) is 14.7. The molecule has 1 heterocycles. The summed E-state index contributed by atoms with van der Waals surface area (Å²) in [4.78, 5) is 25.4. The van der Waals surface area contributed by atoms with Crippen molar-refractivity contribution in [2.75, 3.05) is 13.2 Å². The molecule has 25 heavy (non-hydrogen) atoms. The van der Waals surface area contributed by atoms with E-state index in [4.69, 9.17) is 4.74 Å². The fourth-order valence-corrected chi connectivity index (χ4v) is 3.34. The van der Waals surface area contributed by atoms with Crippen LogP contribution in [0.1, 0.15) is 42.0 Å². The molecule has 0 aliphatic carbocycles. The number of carbonyl (C=O) groups excluding carboxylic acids is 2. The molecule has 2 N–H and O–H groups in total. The summed E-state index contributed by atoms with van der Waals surface area (Å²) in [5.41, 5.74) is 0.495. The Kier molecular flexibility index (Phi) is 7.01. The molecule has 1 aromatic carbocycles. The van der Waals surface area contributed by atoms with Gasteiger partial charge in [0.15, 0.2) is 0 Å². The summed E-state index contributed by atoms with van der Waals surface area (Å²) < 4.78 is 5.35. The van der Waals surface area contributed by atoms with E-state index in [1.54, 1.807) is 35.6 Å². The minimum Gasteiger partial charge on any atom is -0.494 e. The monoisotopic (exact) mass is 360 g/mol. The van der Waals surface area contributed by atoms with E-state index >= 15 is 0 Å². The Bertz CT molecular complexity index is 681. The molecular weight excluding hydrogens is 336 g/mol. The zero-order valence-corrected chi connectivity index (χ0v) is 15.6. The van der Waals surface area contributed by atoms with Gasteiger partial charge in [-0.3, -0.25) is 9.59 Å². The van der Waals surface area contributed by atoms with Gasteiger partial charge >= 0.3 is 0 Å². The normalized spacial score (nSPS) is 11.8. The molecule has 2 amide bonds. The lowest BCUT2D eigenvalue weighted by atomic mass is 10.0. The molecule has 0 spiro atoms. The van der Waals surface area contributed by atoms with E-state index in [1.807, 2.05) is 24.4 Å². The van der Waals surface area contributed by atoms with Gasteiger partial charge in [-0.25, -0.2) is 0 Å². The molecule has 0 fully saturated rings. The van der Waals surface area contributed by atoms with Gasteiger partial charge in [0.25, 0.3) is 5.91 Å². The number of benzene rings is 1. The Hall–Kier alpha value is -2.34. The number of thiophene rings is 1. The second-order valence-electron chi connectivity index (χ2n) is 5.94. The van der Waals surface area contributed by atoms with Gasteiger partial charge in [0.2, 0.25) is 5.91 Å². The Morgan fingerprint density at radius 3 is 2.44 bits per heavy atom. The Morgan fingerprint density at radius 2 is 1.88 bits per heavy atom. The van der Waals surface area contributed by atoms with Gasteiger partial charge in [0.05, 0.1) is 19.2 Å². The van der Waals surface area contributed by atoms with Crippen LogP contribution in [0, 0.1) is 5.92 Å². The predicted molar refractivity (Wildman–Crippen MR) is 100.0 cm³/mol. The van der Waals surface area contributed by atoms with E-state index in [0.717, 1.165) is 4.88 Å². The highest BCUT2D eigenvalue weighted by Gasteiger charge is 2.19.